The van der Waals surface area contributed by atoms with Crippen molar-refractivity contribution < 1.29 is 0 Å². The summed E-state index contributed by atoms with van der Waals surface area (Å²) in [5.41, 5.74) is 1.35. The fourth-order valence-electron chi connectivity index (χ4n) is 2.20. The van der Waals surface area contributed by atoms with Gasteiger partial charge in [0, 0.05) is 24.8 Å². The summed E-state index contributed by atoms with van der Waals surface area (Å²) in [6.07, 6.45) is 1.02. The summed E-state index contributed by atoms with van der Waals surface area (Å²) in [6.45, 7) is 0. The monoisotopic (exact) mass is 351 g/mol. The summed E-state index contributed by atoms with van der Waals surface area (Å²) >= 11 is 7.25. The molecule has 0 aliphatic rings. The van der Waals surface area contributed by atoms with E-state index < -0.39 is 0 Å². The van der Waals surface area contributed by atoms with E-state index in [4.69, 9.17) is 0 Å². The molecule has 1 unspecified atom stereocenters. The van der Waals surface area contributed by atoms with Crippen molar-refractivity contribution in [3.05, 3.63) is 56.7 Å². The second kappa shape index (κ2) is 5.75. The third kappa shape index (κ3) is 2.92. The molecule has 3 rings (SSSR count). The number of rotatable bonds is 4. The van der Waals surface area contributed by atoms with Crippen LogP contribution < -0.4 is 5.32 Å². The third-order valence-electron chi connectivity index (χ3n) is 3.18. The topological polar surface area (TPSA) is 12.0 Å². The lowest BCUT2D eigenvalue weighted by atomic mass is 10.1. The van der Waals surface area contributed by atoms with Gasteiger partial charge in [0.1, 0.15) is 0 Å². The van der Waals surface area contributed by atoms with Gasteiger partial charge in [-0.25, -0.2) is 0 Å². The Kier molecular flexibility index (Phi) is 4.03. The minimum absolute atomic E-state index is 0.388. The number of likely N-dealkylation sites (N-methyl/N-ethyl adjacent to an activating group) is 1. The molecule has 0 saturated carbocycles. The highest BCUT2D eigenvalue weighted by Crippen LogP contribution is 2.34. The second-order valence-corrected chi connectivity index (χ2v) is 7.45. The summed E-state index contributed by atoms with van der Waals surface area (Å²) in [5.74, 6) is 0. The Morgan fingerprint density at radius 1 is 1.21 bits per heavy atom. The Bertz CT molecular complexity index is 658. The first-order chi connectivity index (χ1) is 9.26. The number of fused-ring (bicyclic) bond motifs is 1. The van der Waals surface area contributed by atoms with Crippen LogP contribution in [-0.2, 0) is 6.42 Å². The molecule has 1 nitrogen and oxygen atoms in total. The number of thiophene rings is 2. The second-order valence-electron chi connectivity index (χ2n) is 4.47. The van der Waals surface area contributed by atoms with E-state index in [0.29, 0.717) is 6.04 Å². The standard InChI is InChI=1S/C15H14BrNS2/c1-17-12(8-10-3-2-4-11(16)7-10)14-9-15-13(19-14)5-6-18-15/h2-7,9,12,17H,8H2,1H3. The molecule has 1 aromatic carbocycles. The van der Waals surface area contributed by atoms with Crippen LogP contribution in [0.1, 0.15) is 16.5 Å². The van der Waals surface area contributed by atoms with Crippen molar-refractivity contribution in [2.24, 2.45) is 0 Å². The molecule has 2 aromatic heterocycles. The van der Waals surface area contributed by atoms with Gasteiger partial charge in [0.2, 0.25) is 0 Å². The Balaban J connectivity index is 1.86. The summed E-state index contributed by atoms with van der Waals surface area (Å²) in [4.78, 5) is 1.42. The lowest BCUT2D eigenvalue weighted by Crippen LogP contribution is -2.17. The predicted octanol–water partition coefficient (Wildman–Crippen LogP) is 5.23. The van der Waals surface area contributed by atoms with E-state index in [9.17, 15) is 0 Å². The van der Waals surface area contributed by atoms with Crippen LogP contribution >= 0.6 is 38.6 Å². The van der Waals surface area contributed by atoms with E-state index in [-0.39, 0.29) is 0 Å². The van der Waals surface area contributed by atoms with Gasteiger partial charge in [0.15, 0.2) is 0 Å². The first kappa shape index (κ1) is 13.3. The number of hydrogen-bond acceptors (Lipinski definition) is 3. The number of hydrogen-bond donors (Lipinski definition) is 1. The number of benzene rings is 1. The fraction of sp³-hybridized carbons (Fsp3) is 0.200. The molecule has 0 radical (unpaired) electrons. The van der Waals surface area contributed by atoms with E-state index in [1.54, 1.807) is 0 Å². The highest BCUT2D eigenvalue weighted by Gasteiger charge is 2.14. The van der Waals surface area contributed by atoms with E-state index in [1.165, 1.54) is 19.8 Å². The van der Waals surface area contributed by atoms with Gasteiger partial charge in [0.05, 0.1) is 0 Å². The van der Waals surface area contributed by atoms with E-state index in [2.05, 4.69) is 63.0 Å². The maximum atomic E-state index is 3.54. The Labute approximate surface area is 129 Å². The zero-order valence-electron chi connectivity index (χ0n) is 10.5. The zero-order valence-corrected chi connectivity index (χ0v) is 13.7. The SMILES string of the molecule is CNC(Cc1cccc(Br)c1)c1cc2sccc2s1. The molecule has 19 heavy (non-hydrogen) atoms. The van der Waals surface area contributed by atoms with Gasteiger partial charge in [-0.3, -0.25) is 0 Å². The molecule has 98 valence electrons. The quantitative estimate of drug-likeness (QED) is 0.678. The van der Waals surface area contributed by atoms with Gasteiger partial charge < -0.3 is 5.32 Å². The van der Waals surface area contributed by atoms with Crippen molar-refractivity contribution >= 4 is 48.0 Å². The van der Waals surface area contributed by atoms with E-state index in [1.807, 2.05) is 29.7 Å². The molecule has 0 fully saturated rings. The zero-order chi connectivity index (χ0) is 13.2. The highest BCUT2D eigenvalue weighted by atomic mass is 79.9. The Morgan fingerprint density at radius 2 is 2.11 bits per heavy atom. The van der Waals surface area contributed by atoms with Crippen molar-refractivity contribution in [2.45, 2.75) is 12.5 Å². The normalized spacial score (nSPS) is 12.9. The van der Waals surface area contributed by atoms with Crippen LogP contribution in [-0.4, -0.2) is 7.05 Å². The van der Waals surface area contributed by atoms with Crippen molar-refractivity contribution in [1.29, 1.82) is 0 Å². The molecule has 0 amide bonds. The Hall–Kier alpha value is -0.680. The minimum atomic E-state index is 0.388. The highest BCUT2D eigenvalue weighted by molar-refractivity contribution is 9.10. The molecule has 0 aliphatic heterocycles. The van der Waals surface area contributed by atoms with Gasteiger partial charge in [0.25, 0.3) is 0 Å². The first-order valence-electron chi connectivity index (χ1n) is 6.15. The van der Waals surface area contributed by atoms with E-state index in [0.717, 1.165) is 10.9 Å². The summed E-state index contributed by atoms with van der Waals surface area (Å²) in [5, 5.41) is 5.60. The van der Waals surface area contributed by atoms with Crippen LogP contribution in [0.4, 0.5) is 0 Å². The maximum Gasteiger partial charge on any atom is 0.0454 e. The van der Waals surface area contributed by atoms with Gasteiger partial charge in [-0.15, -0.1) is 22.7 Å². The molecule has 4 heteroatoms. The third-order valence-corrected chi connectivity index (χ3v) is 5.88. The molecule has 0 bridgehead atoms. The van der Waals surface area contributed by atoms with Crippen LogP contribution in [0.2, 0.25) is 0 Å². The average molecular weight is 352 g/mol. The number of nitrogens with one attached hydrogen (secondary N) is 1. The summed E-state index contributed by atoms with van der Waals surface area (Å²) in [6, 6.07) is 13.5. The van der Waals surface area contributed by atoms with Gasteiger partial charge in [-0.2, -0.15) is 0 Å². The molecule has 0 aliphatic carbocycles. The van der Waals surface area contributed by atoms with Crippen LogP contribution in [0.3, 0.4) is 0 Å². The van der Waals surface area contributed by atoms with Crippen LogP contribution in [0, 0.1) is 0 Å². The summed E-state index contributed by atoms with van der Waals surface area (Å²) < 4.78 is 3.94. The Morgan fingerprint density at radius 3 is 2.84 bits per heavy atom. The largest absolute Gasteiger partial charge is 0.312 e. The molecular formula is C15H14BrNS2. The average Bonchev–Trinajstić information content (AvgIpc) is 2.96. The lowest BCUT2D eigenvalue weighted by Gasteiger charge is -2.14. The lowest BCUT2D eigenvalue weighted by molar-refractivity contribution is 0.602. The molecule has 3 aromatic rings. The van der Waals surface area contributed by atoms with Gasteiger partial charge in [-0.05, 0) is 48.7 Å². The van der Waals surface area contributed by atoms with Gasteiger partial charge in [-0.1, -0.05) is 28.1 Å². The molecule has 2 heterocycles. The van der Waals surface area contributed by atoms with Crippen LogP contribution in [0.15, 0.2) is 46.3 Å². The van der Waals surface area contributed by atoms with Crippen molar-refractivity contribution in [1.82, 2.24) is 5.32 Å². The first-order valence-corrected chi connectivity index (χ1v) is 8.64. The number of halogens is 1. The van der Waals surface area contributed by atoms with Crippen LogP contribution in [0.5, 0.6) is 0 Å². The van der Waals surface area contributed by atoms with Gasteiger partial charge >= 0.3 is 0 Å². The molecule has 0 spiro atoms. The molecule has 1 atom stereocenters. The van der Waals surface area contributed by atoms with E-state index >= 15 is 0 Å². The minimum Gasteiger partial charge on any atom is -0.312 e. The maximum absolute atomic E-state index is 3.54. The smallest absolute Gasteiger partial charge is 0.0454 e. The van der Waals surface area contributed by atoms with Crippen molar-refractivity contribution in [2.75, 3.05) is 7.05 Å². The van der Waals surface area contributed by atoms with Crippen molar-refractivity contribution in [3.8, 4) is 0 Å². The summed E-state index contributed by atoms with van der Waals surface area (Å²) in [7, 11) is 2.04. The fourth-order valence-corrected chi connectivity index (χ4v) is 4.88. The molecule has 0 saturated heterocycles. The van der Waals surface area contributed by atoms with Crippen LogP contribution in [0.25, 0.3) is 9.40 Å². The molecular weight excluding hydrogens is 338 g/mol. The predicted molar refractivity (Wildman–Crippen MR) is 89.3 cm³/mol. The molecule has 1 N–H and O–H groups in total. The van der Waals surface area contributed by atoms with Crippen molar-refractivity contribution in [3.63, 3.8) is 0 Å².